The second-order valence-corrected chi connectivity index (χ2v) is 33.2. The number of ether oxygens (including phenoxy) is 4. The lowest BCUT2D eigenvalue weighted by Crippen LogP contribution is -2.35. The number of rotatable bonds is 16. The van der Waals surface area contributed by atoms with E-state index in [4.69, 9.17) is 18.9 Å². The van der Waals surface area contributed by atoms with Crippen molar-refractivity contribution in [3.05, 3.63) is 166 Å². The number of carbonyl (C=O) groups excluding carboxylic acids is 4. The van der Waals surface area contributed by atoms with Gasteiger partial charge < -0.3 is 18.9 Å². The SMILES string of the molecule is CC(C)(C)CC(C)(C)c1ccc(Oc2cc3c4c(cc(Oc5ccc(C(C)(C)CC(C)(C)C)cc5)c5c6c(Oc7ccc(C(C)(C)CC(C)(C)C)cc7)cc7c8c(cc(Oc9ccc(C(C)(C)CC(C)(C)C)cc9)c(c2c45)c86)C(=O)NC7=O)C(=O)NC3=O)cc1. The maximum absolute atomic E-state index is 14.7. The molecule has 0 aromatic heterocycles. The number of amides is 4. The van der Waals surface area contributed by atoms with E-state index >= 15 is 0 Å². The summed E-state index contributed by atoms with van der Waals surface area (Å²) in [4.78, 5) is 58.9. The molecular weight excluding hydrogens is 1120 g/mol. The largest absolute Gasteiger partial charge is 0.457 e. The van der Waals surface area contributed by atoms with Gasteiger partial charge in [0, 0.05) is 43.1 Å². The molecule has 11 rings (SSSR count). The van der Waals surface area contributed by atoms with E-state index in [2.05, 4.69) is 198 Å². The van der Waals surface area contributed by atoms with Gasteiger partial charge in [-0.1, -0.05) is 187 Å². The first-order valence-electron chi connectivity index (χ1n) is 31.9. The van der Waals surface area contributed by atoms with E-state index in [-0.39, 0.29) is 88.6 Å². The molecule has 0 spiro atoms. The van der Waals surface area contributed by atoms with Gasteiger partial charge >= 0.3 is 0 Å². The fraction of sp³-hybridized carbons (Fsp3) is 0.400. The van der Waals surface area contributed by atoms with E-state index in [0.29, 0.717) is 66.1 Å². The molecule has 9 aromatic carbocycles. The number of benzene rings is 9. The molecule has 9 aromatic rings. The standard InChI is InChI=1S/C80H90N2O8/c1-73(2,3)41-77(13,14)45-21-29-49(30-22-45)87-57-37-53-61-54(70(84)81-69(53)83)39-59(89-51-33-25-47(26-34-51)79(17,18)43-75(7,8)9)65-66-60(90-52-35-27-48(28-36-52)80(19,20)44-76(10,11)12)40-56-62-55(71(85)82-72(56)86)38-58(64(68(62)66)63(57)67(61)65)88-50-31-23-46(24-32-50)78(15,16)42-74(4,5)6/h21-40H,41-44H2,1-20H3,(H,81,83,84)(H,82,85,86). The second-order valence-electron chi connectivity index (χ2n) is 33.2. The molecule has 0 radical (unpaired) electrons. The summed E-state index contributed by atoms with van der Waals surface area (Å²) in [6.45, 7) is 44.9. The molecule has 468 valence electrons. The molecule has 0 saturated heterocycles. The molecular formula is C80H90N2O8. The van der Waals surface area contributed by atoms with Crippen molar-refractivity contribution < 1.29 is 38.1 Å². The van der Waals surface area contributed by atoms with E-state index in [0.717, 1.165) is 47.9 Å². The van der Waals surface area contributed by atoms with Crippen LogP contribution >= 0.6 is 0 Å². The minimum Gasteiger partial charge on any atom is -0.457 e. The monoisotopic (exact) mass is 1210 g/mol. The van der Waals surface area contributed by atoms with Gasteiger partial charge in [0.25, 0.3) is 23.6 Å². The van der Waals surface area contributed by atoms with E-state index in [1.54, 1.807) is 24.3 Å². The summed E-state index contributed by atoms with van der Waals surface area (Å²) < 4.78 is 28.9. The number of carbonyl (C=O) groups is 4. The molecule has 2 N–H and O–H groups in total. The van der Waals surface area contributed by atoms with E-state index in [1.165, 1.54) is 0 Å². The lowest BCUT2D eigenvalue weighted by molar-refractivity contribution is 0.0828. The van der Waals surface area contributed by atoms with Crippen LogP contribution in [0, 0.1) is 21.7 Å². The Balaban J connectivity index is 1.26. The number of hydrogen-bond donors (Lipinski definition) is 2. The Labute approximate surface area is 532 Å². The predicted molar refractivity (Wildman–Crippen MR) is 366 cm³/mol. The Morgan fingerprint density at radius 1 is 0.256 bits per heavy atom. The molecule has 0 bridgehead atoms. The van der Waals surface area contributed by atoms with Crippen LogP contribution in [0.25, 0.3) is 43.1 Å². The van der Waals surface area contributed by atoms with Gasteiger partial charge in [0.1, 0.15) is 46.0 Å². The van der Waals surface area contributed by atoms with Crippen molar-refractivity contribution in [1.82, 2.24) is 10.6 Å². The molecule has 0 unspecified atom stereocenters. The van der Waals surface area contributed by atoms with E-state index in [9.17, 15) is 19.2 Å². The smallest absolute Gasteiger partial charge is 0.258 e. The third-order valence-electron chi connectivity index (χ3n) is 17.9. The summed E-state index contributed by atoms with van der Waals surface area (Å²) in [6.07, 6.45) is 3.73. The van der Waals surface area contributed by atoms with Gasteiger partial charge in [0.2, 0.25) is 0 Å². The van der Waals surface area contributed by atoms with Crippen LogP contribution in [-0.4, -0.2) is 23.6 Å². The lowest BCUT2D eigenvalue weighted by Gasteiger charge is -2.33. The van der Waals surface area contributed by atoms with Crippen LogP contribution in [0.3, 0.4) is 0 Å². The fourth-order valence-electron chi connectivity index (χ4n) is 15.8. The van der Waals surface area contributed by atoms with E-state index < -0.39 is 23.6 Å². The quantitative estimate of drug-likeness (QED) is 0.0556. The molecule has 2 heterocycles. The molecule has 0 fully saturated rings. The van der Waals surface area contributed by atoms with Crippen LogP contribution in [0.4, 0.5) is 0 Å². The zero-order valence-electron chi connectivity index (χ0n) is 56.6. The van der Waals surface area contributed by atoms with Gasteiger partial charge in [0.05, 0.1) is 22.3 Å². The molecule has 2 aliphatic heterocycles. The summed E-state index contributed by atoms with van der Waals surface area (Å²) in [5.74, 6) is 0.571. The van der Waals surface area contributed by atoms with Gasteiger partial charge in [0.15, 0.2) is 0 Å². The second kappa shape index (κ2) is 21.7. The summed E-state index contributed by atoms with van der Waals surface area (Å²) in [5.41, 5.74) is 4.90. The van der Waals surface area contributed by atoms with Crippen LogP contribution in [0.1, 0.15) is 228 Å². The average molecular weight is 1210 g/mol. The van der Waals surface area contributed by atoms with Crippen LogP contribution in [0.15, 0.2) is 121 Å². The third-order valence-corrected chi connectivity index (χ3v) is 17.9. The molecule has 10 nitrogen and oxygen atoms in total. The van der Waals surface area contributed by atoms with Crippen LogP contribution in [-0.2, 0) is 21.7 Å². The van der Waals surface area contributed by atoms with Crippen molar-refractivity contribution in [1.29, 1.82) is 0 Å². The topological polar surface area (TPSA) is 129 Å². The van der Waals surface area contributed by atoms with Gasteiger partial charge in [-0.2, -0.15) is 0 Å². The zero-order valence-corrected chi connectivity index (χ0v) is 56.6. The lowest BCUT2D eigenvalue weighted by atomic mass is 9.72. The highest BCUT2D eigenvalue weighted by Gasteiger charge is 2.39. The highest BCUT2D eigenvalue weighted by Crippen LogP contribution is 2.58. The molecule has 0 aliphatic carbocycles. The molecule has 4 amide bonds. The van der Waals surface area contributed by atoms with Crippen molar-refractivity contribution >= 4 is 66.7 Å². The maximum Gasteiger partial charge on any atom is 0.258 e. The van der Waals surface area contributed by atoms with Crippen LogP contribution in [0.2, 0.25) is 0 Å². The first-order chi connectivity index (χ1) is 41.7. The van der Waals surface area contributed by atoms with Crippen molar-refractivity contribution in [2.45, 2.75) is 186 Å². The number of nitrogens with one attached hydrogen (secondary N) is 2. The van der Waals surface area contributed by atoms with Gasteiger partial charge in [-0.05, 0) is 164 Å². The number of imide groups is 2. The molecule has 0 atom stereocenters. The highest BCUT2D eigenvalue weighted by molar-refractivity contribution is 6.44. The zero-order chi connectivity index (χ0) is 65.4. The van der Waals surface area contributed by atoms with Crippen molar-refractivity contribution in [2.75, 3.05) is 0 Å². The highest BCUT2D eigenvalue weighted by atomic mass is 16.5. The third kappa shape index (κ3) is 12.4. The summed E-state index contributed by atoms with van der Waals surface area (Å²) >= 11 is 0. The van der Waals surface area contributed by atoms with Crippen molar-refractivity contribution in [2.24, 2.45) is 21.7 Å². The van der Waals surface area contributed by atoms with Crippen LogP contribution < -0.4 is 29.6 Å². The number of hydrogen-bond acceptors (Lipinski definition) is 8. The Bertz CT molecular complexity index is 3810. The van der Waals surface area contributed by atoms with Gasteiger partial charge in [-0.25, -0.2) is 0 Å². The normalized spacial score (nSPS) is 14.4. The average Bonchev–Trinajstić information content (AvgIpc) is 0.676. The molecule has 0 saturated carbocycles. The Hall–Kier alpha value is -8.24. The minimum atomic E-state index is -0.605. The van der Waals surface area contributed by atoms with Gasteiger partial charge in [-0.3, -0.25) is 29.8 Å². The van der Waals surface area contributed by atoms with E-state index in [1.807, 2.05) is 48.5 Å². The molecule has 2 aliphatic rings. The Kier molecular flexibility index (Phi) is 15.3. The van der Waals surface area contributed by atoms with Crippen molar-refractivity contribution in [3.8, 4) is 46.0 Å². The predicted octanol–water partition coefficient (Wildman–Crippen LogP) is 21.5. The molecule has 90 heavy (non-hydrogen) atoms. The number of fused-ring (bicyclic) bond motifs is 2. The fourth-order valence-corrected chi connectivity index (χ4v) is 15.8. The Morgan fingerprint density at radius 2 is 0.433 bits per heavy atom. The summed E-state index contributed by atoms with van der Waals surface area (Å²) in [7, 11) is 0. The van der Waals surface area contributed by atoms with Crippen molar-refractivity contribution in [3.63, 3.8) is 0 Å². The maximum atomic E-state index is 14.7. The summed E-state index contributed by atoms with van der Waals surface area (Å²) in [5, 5.41) is 8.76. The first-order valence-corrected chi connectivity index (χ1v) is 31.9. The molecule has 10 heteroatoms. The summed E-state index contributed by atoms with van der Waals surface area (Å²) in [6, 6.07) is 39.0. The Morgan fingerprint density at radius 3 is 0.600 bits per heavy atom. The van der Waals surface area contributed by atoms with Crippen LogP contribution in [0.5, 0.6) is 46.0 Å². The van der Waals surface area contributed by atoms with Gasteiger partial charge in [-0.15, -0.1) is 0 Å². The first kappa shape index (κ1) is 63.3. The minimum absolute atomic E-state index is 0.0630.